The normalized spacial score (nSPS) is 12.9. The van der Waals surface area contributed by atoms with Crippen LogP contribution in [0, 0.1) is 5.92 Å². The number of carbonyl (C=O) groups excluding carboxylic acids is 6. The first-order chi connectivity index (χ1) is 30.8. The molecule has 0 heterocycles. The lowest BCUT2D eigenvalue weighted by molar-refractivity contribution is -0.144. The number of nitrogens with one attached hydrogen (secondary N) is 3. The van der Waals surface area contributed by atoms with Gasteiger partial charge in [-0.25, -0.2) is 19.2 Å². The maximum Gasteiger partial charge on any atom is 0.412 e. The number of primary amides is 1. The van der Waals surface area contributed by atoms with E-state index in [2.05, 4.69) is 22.5 Å². The fourth-order valence-electron chi connectivity index (χ4n) is 6.66. The summed E-state index contributed by atoms with van der Waals surface area (Å²) in [5.41, 5.74) is 7.86. The summed E-state index contributed by atoms with van der Waals surface area (Å²) in [6.45, 7) is 13.5. The summed E-state index contributed by atoms with van der Waals surface area (Å²) >= 11 is 1.49. The van der Waals surface area contributed by atoms with Crippen LogP contribution in [0.4, 0.5) is 14.4 Å². The Kier molecular flexibility index (Phi) is 18.8. The molecule has 5 N–H and O–H groups in total. The number of hydrogen-bond donors (Lipinski definition) is 4. The second kappa shape index (κ2) is 23.9. The Bertz CT molecular complexity index is 2110. The summed E-state index contributed by atoms with van der Waals surface area (Å²) in [6, 6.07) is 33.7. The van der Waals surface area contributed by atoms with Crippen molar-refractivity contribution in [3.63, 3.8) is 0 Å². The SMILES string of the molecule is C=CCOC(=O)[C@H](Cc1ccc(OC(=O)NCC[C@H](NC(=O)OC(C)(C)C)C(=O)C[C@@H](CSC(c2ccccc2)(c2ccccc2)c2ccccc2)C(N)=O)cc1)NC(=O)OC(C)(C)C. The van der Waals surface area contributed by atoms with E-state index < -0.39 is 69.9 Å². The highest BCUT2D eigenvalue weighted by molar-refractivity contribution is 8.00. The quantitative estimate of drug-likeness (QED) is 0.0273. The standard InChI is InChI=1S/C50H60N4O10S/c1-8-30-61-44(57)41(54-47(60)64-49(5,6)7)31-34-24-26-39(27-25-34)62-45(58)52-29-28-40(53-46(59)63-48(2,3)4)42(55)32-35(43(51)56)33-65-50(36-18-12-9-13-19-36,37-20-14-10-15-21-37)38-22-16-11-17-23-38/h8-27,35,40-41H,1,28-33H2,2-7H3,(H2,51,56)(H,52,58)(H,53,59)(H,54,60)/t35-,40-,41-/m0/s1. The zero-order chi connectivity index (χ0) is 47.6. The lowest BCUT2D eigenvalue weighted by Gasteiger charge is -2.36. The van der Waals surface area contributed by atoms with E-state index in [1.54, 1.807) is 53.7 Å². The molecule has 0 aliphatic carbocycles. The van der Waals surface area contributed by atoms with Crippen molar-refractivity contribution in [3.8, 4) is 5.75 Å². The molecule has 0 saturated heterocycles. The fourth-order valence-corrected chi connectivity index (χ4v) is 8.30. The third-order valence-corrected chi connectivity index (χ3v) is 11.3. The highest BCUT2D eigenvalue weighted by Gasteiger charge is 2.39. The van der Waals surface area contributed by atoms with Crippen molar-refractivity contribution in [1.29, 1.82) is 0 Å². The second-order valence-corrected chi connectivity index (χ2v) is 18.4. The largest absolute Gasteiger partial charge is 0.460 e. The maximum absolute atomic E-state index is 14.1. The van der Waals surface area contributed by atoms with Gasteiger partial charge in [0.25, 0.3) is 0 Å². The molecule has 4 aromatic rings. The van der Waals surface area contributed by atoms with Gasteiger partial charge >= 0.3 is 24.2 Å². The molecule has 14 nitrogen and oxygen atoms in total. The number of nitrogens with two attached hydrogens (primary N) is 1. The summed E-state index contributed by atoms with van der Waals surface area (Å²) < 4.78 is 20.6. The van der Waals surface area contributed by atoms with Gasteiger partial charge in [-0.1, -0.05) is 116 Å². The molecule has 0 spiro atoms. The first kappa shape index (κ1) is 51.0. The fraction of sp³-hybridized carbons (Fsp3) is 0.360. The van der Waals surface area contributed by atoms with E-state index in [9.17, 15) is 28.8 Å². The van der Waals surface area contributed by atoms with Crippen molar-refractivity contribution in [1.82, 2.24) is 16.0 Å². The molecule has 0 unspecified atom stereocenters. The summed E-state index contributed by atoms with van der Waals surface area (Å²) in [6.07, 6.45) is -1.40. The first-order valence-electron chi connectivity index (χ1n) is 21.2. The van der Waals surface area contributed by atoms with Crippen molar-refractivity contribution in [2.45, 2.75) is 88.8 Å². The minimum atomic E-state index is -1.17. The van der Waals surface area contributed by atoms with Gasteiger partial charge in [0.15, 0.2) is 5.78 Å². The van der Waals surface area contributed by atoms with Crippen LogP contribution in [0.3, 0.4) is 0 Å². The van der Waals surface area contributed by atoms with Crippen LogP contribution >= 0.6 is 11.8 Å². The molecule has 4 rings (SSSR count). The number of hydrogen-bond acceptors (Lipinski definition) is 11. The molecule has 346 valence electrons. The van der Waals surface area contributed by atoms with Gasteiger partial charge in [-0.05, 0) is 82.3 Å². The zero-order valence-corrected chi connectivity index (χ0v) is 38.6. The summed E-state index contributed by atoms with van der Waals surface area (Å²) in [5.74, 6) is -2.47. The molecule has 0 saturated carbocycles. The molecule has 0 radical (unpaired) electrons. The van der Waals surface area contributed by atoms with Crippen LogP contribution in [0.2, 0.25) is 0 Å². The number of amides is 4. The summed E-state index contributed by atoms with van der Waals surface area (Å²) in [5, 5.41) is 7.76. The van der Waals surface area contributed by atoms with Gasteiger partial charge in [0, 0.05) is 25.1 Å². The Hall–Kier alpha value is -6.61. The number of alkyl carbamates (subject to hydrolysis) is 2. The Morgan fingerprint density at radius 2 is 1.15 bits per heavy atom. The molecule has 0 aromatic heterocycles. The molecule has 4 aromatic carbocycles. The lowest BCUT2D eigenvalue weighted by atomic mass is 9.84. The molecule has 0 fully saturated rings. The smallest absolute Gasteiger partial charge is 0.412 e. The predicted octanol–water partition coefficient (Wildman–Crippen LogP) is 8.01. The number of rotatable bonds is 21. The summed E-state index contributed by atoms with van der Waals surface area (Å²) in [4.78, 5) is 78.3. The number of Topliss-reactive ketones (excluding diaryl/α,β-unsaturated/α-hetero) is 1. The van der Waals surface area contributed by atoms with Crippen molar-refractivity contribution in [2.24, 2.45) is 11.7 Å². The Balaban J connectivity index is 1.45. The second-order valence-electron chi connectivity index (χ2n) is 17.1. The third kappa shape index (κ3) is 16.5. The van der Waals surface area contributed by atoms with Gasteiger partial charge in [-0.15, -0.1) is 11.8 Å². The van der Waals surface area contributed by atoms with Crippen molar-refractivity contribution >= 4 is 47.7 Å². The number of ketones is 1. The summed E-state index contributed by atoms with van der Waals surface area (Å²) in [7, 11) is 0. The van der Waals surface area contributed by atoms with Crippen LogP contribution in [-0.2, 0) is 39.8 Å². The first-order valence-corrected chi connectivity index (χ1v) is 22.2. The van der Waals surface area contributed by atoms with Crippen LogP contribution in [0.15, 0.2) is 128 Å². The van der Waals surface area contributed by atoms with Crippen molar-refractivity contribution in [2.75, 3.05) is 18.9 Å². The van der Waals surface area contributed by atoms with Crippen LogP contribution in [0.1, 0.15) is 76.6 Å². The molecule has 3 atom stereocenters. The highest BCUT2D eigenvalue weighted by atomic mass is 32.2. The number of benzene rings is 4. The highest BCUT2D eigenvalue weighted by Crippen LogP contribution is 2.49. The van der Waals surface area contributed by atoms with Gasteiger partial charge in [0.2, 0.25) is 5.91 Å². The Labute approximate surface area is 385 Å². The topological polar surface area (TPSA) is 201 Å². The Morgan fingerprint density at radius 3 is 1.60 bits per heavy atom. The van der Waals surface area contributed by atoms with Gasteiger partial charge in [-0.2, -0.15) is 0 Å². The van der Waals surface area contributed by atoms with E-state index in [0.29, 0.717) is 5.56 Å². The lowest BCUT2D eigenvalue weighted by Crippen LogP contribution is -2.46. The number of thioether (sulfide) groups is 1. The zero-order valence-electron chi connectivity index (χ0n) is 37.8. The maximum atomic E-state index is 14.1. The van der Waals surface area contributed by atoms with Crippen LogP contribution in [0.25, 0.3) is 0 Å². The van der Waals surface area contributed by atoms with Gasteiger partial charge in [0.1, 0.15) is 29.6 Å². The molecule has 65 heavy (non-hydrogen) atoms. The molecule has 15 heteroatoms. The van der Waals surface area contributed by atoms with E-state index in [1.165, 1.54) is 30.0 Å². The monoisotopic (exact) mass is 908 g/mol. The van der Waals surface area contributed by atoms with Crippen molar-refractivity contribution < 1.29 is 47.7 Å². The van der Waals surface area contributed by atoms with Crippen molar-refractivity contribution in [3.05, 3.63) is 150 Å². The average molecular weight is 909 g/mol. The number of carbonyl (C=O) groups is 6. The van der Waals surface area contributed by atoms with E-state index in [1.807, 2.05) is 91.0 Å². The third-order valence-electron chi connectivity index (χ3n) is 9.57. The van der Waals surface area contributed by atoms with Gasteiger partial charge < -0.3 is 40.6 Å². The number of ether oxygens (including phenoxy) is 4. The van der Waals surface area contributed by atoms with E-state index in [0.717, 1.165) is 16.7 Å². The van der Waals surface area contributed by atoms with E-state index in [-0.39, 0.29) is 43.9 Å². The molecule has 0 bridgehead atoms. The molecular weight excluding hydrogens is 849 g/mol. The molecule has 0 aliphatic rings. The minimum Gasteiger partial charge on any atom is -0.460 e. The predicted molar refractivity (Wildman–Crippen MR) is 250 cm³/mol. The van der Waals surface area contributed by atoms with Crippen LogP contribution in [-0.4, -0.2) is 78.1 Å². The average Bonchev–Trinajstić information content (AvgIpc) is 3.25. The Morgan fingerprint density at radius 1 is 0.677 bits per heavy atom. The van der Waals surface area contributed by atoms with E-state index >= 15 is 0 Å². The van der Waals surface area contributed by atoms with Gasteiger partial charge in [-0.3, -0.25) is 9.59 Å². The molecule has 4 amide bonds. The molecular formula is C50H60N4O10S. The van der Waals surface area contributed by atoms with Gasteiger partial charge in [0.05, 0.1) is 16.7 Å². The molecule has 0 aliphatic heterocycles. The van der Waals surface area contributed by atoms with Crippen LogP contribution in [0.5, 0.6) is 5.75 Å². The minimum absolute atomic E-state index is 0.0466. The van der Waals surface area contributed by atoms with Crippen LogP contribution < -0.4 is 26.4 Å². The van der Waals surface area contributed by atoms with E-state index in [4.69, 9.17) is 24.7 Å². The number of esters is 1.